The summed E-state index contributed by atoms with van der Waals surface area (Å²) in [6.07, 6.45) is -1.48. The van der Waals surface area contributed by atoms with Crippen LogP contribution in [0.1, 0.15) is 12.6 Å². The SMILES string of the molecule is Nc1ccn([C@H]2C[C@@H](OP(=O)(O)O)[C@@H](CO)O2)c(=O)n1. The van der Waals surface area contributed by atoms with Gasteiger partial charge in [0.1, 0.15) is 24.3 Å². The second kappa shape index (κ2) is 5.60. The number of phosphoric acid groups is 1. The molecule has 112 valence electrons. The van der Waals surface area contributed by atoms with E-state index in [2.05, 4.69) is 9.51 Å². The number of aromatic nitrogens is 2. The minimum Gasteiger partial charge on any atom is -0.394 e. The van der Waals surface area contributed by atoms with Gasteiger partial charge in [0.25, 0.3) is 0 Å². The molecule has 0 unspecified atom stereocenters. The van der Waals surface area contributed by atoms with Crippen LogP contribution in [0.3, 0.4) is 0 Å². The second-order valence-corrected chi connectivity index (χ2v) is 5.42. The van der Waals surface area contributed by atoms with E-state index >= 15 is 0 Å². The number of nitrogens with two attached hydrogens (primary N) is 1. The zero-order chi connectivity index (χ0) is 14.9. The van der Waals surface area contributed by atoms with Crippen molar-refractivity contribution in [3.63, 3.8) is 0 Å². The first-order valence-corrected chi connectivity index (χ1v) is 7.18. The van der Waals surface area contributed by atoms with Crippen molar-refractivity contribution in [2.24, 2.45) is 0 Å². The van der Waals surface area contributed by atoms with E-state index in [1.165, 1.54) is 12.3 Å². The van der Waals surface area contributed by atoms with Gasteiger partial charge in [-0.2, -0.15) is 4.98 Å². The van der Waals surface area contributed by atoms with Crippen molar-refractivity contribution >= 4 is 13.6 Å². The fourth-order valence-electron chi connectivity index (χ4n) is 1.97. The predicted octanol–water partition coefficient (Wildman–Crippen LogP) is -1.42. The Bertz CT molecular complexity index is 585. The lowest BCUT2D eigenvalue weighted by Crippen LogP contribution is -2.28. The van der Waals surface area contributed by atoms with Crippen LogP contribution in [-0.2, 0) is 13.8 Å². The molecule has 0 bridgehead atoms. The van der Waals surface area contributed by atoms with E-state index < -0.39 is 38.6 Å². The van der Waals surface area contributed by atoms with Gasteiger partial charge in [-0.1, -0.05) is 0 Å². The molecule has 1 aliphatic rings. The molecule has 1 aromatic rings. The molecule has 3 atom stereocenters. The number of anilines is 1. The summed E-state index contributed by atoms with van der Waals surface area (Å²) in [6.45, 7) is -0.502. The van der Waals surface area contributed by atoms with E-state index in [9.17, 15) is 9.36 Å². The Hall–Kier alpha value is -1.29. The molecule has 20 heavy (non-hydrogen) atoms. The molecule has 5 N–H and O–H groups in total. The summed E-state index contributed by atoms with van der Waals surface area (Å²) in [7, 11) is -4.72. The summed E-state index contributed by atoms with van der Waals surface area (Å²) < 4.78 is 21.8. The molecule has 0 spiro atoms. The molecule has 0 radical (unpaired) electrons. The van der Waals surface area contributed by atoms with Crippen LogP contribution in [0.2, 0.25) is 0 Å². The molecule has 0 amide bonds. The molecule has 11 heteroatoms. The molecule has 1 aromatic heterocycles. The Balaban J connectivity index is 2.20. The van der Waals surface area contributed by atoms with Crippen molar-refractivity contribution in [2.45, 2.75) is 24.9 Å². The molecule has 1 fully saturated rings. The molecular formula is C9H14N3O7P. The van der Waals surface area contributed by atoms with Crippen LogP contribution in [0.15, 0.2) is 17.1 Å². The minimum absolute atomic E-state index is 0.0121. The molecule has 10 nitrogen and oxygen atoms in total. The average molecular weight is 307 g/mol. The first kappa shape index (κ1) is 15.1. The number of hydrogen-bond donors (Lipinski definition) is 4. The van der Waals surface area contributed by atoms with Crippen LogP contribution in [0.4, 0.5) is 5.82 Å². The number of rotatable bonds is 4. The van der Waals surface area contributed by atoms with Crippen LogP contribution < -0.4 is 11.4 Å². The molecule has 0 saturated carbocycles. The van der Waals surface area contributed by atoms with Gasteiger partial charge in [0.15, 0.2) is 0 Å². The standard InChI is InChI=1S/C9H14N3O7P/c10-7-1-2-12(9(14)11-7)8-3-5(6(4-13)18-8)19-20(15,16)17/h1-2,5-6,8,13H,3-4H2,(H2,10,11,14)(H2,15,16,17)/t5-,6-,8-/m1/s1. The van der Waals surface area contributed by atoms with Crippen molar-refractivity contribution in [2.75, 3.05) is 12.3 Å². The smallest absolute Gasteiger partial charge is 0.394 e. The first-order chi connectivity index (χ1) is 9.30. The van der Waals surface area contributed by atoms with Gasteiger partial charge in [-0.15, -0.1) is 0 Å². The van der Waals surface area contributed by atoms with Crippen molar-refractivity contribution in [1.82, 2.24) is 9.55 Å². The number of nitrogens with zero attached hydrogens (tertiary/aromatic N) is 2. The Morgan fingerprint density at radius 1 is 1.60 bits per heavy atom. The fraction of sp³-hybridized carbons (Fsp3) is 0.556. The lowest BCUT2D eigenvalue weighted by Gasteiger charge is -2.16. The topological polar surface area (TPSA) is 157 Å². The van der Waals surface area contributed by atoms with Gasteiger partial charge >= 0.3 is 13.5 Å². The van der Waals surface area contributed by atoms with Crippen LogP contribution in [0.5, 0.6) is 0 Å². The predicted molar refractivity (Wildman–Crippen MR) is 65.4 cm³/mol. The lowest BCUT2D eigenvalue weighted by atomic mass is 10.2. The number of hydrogen-bond acceptors (Lipinski definition) is 7. The Kier molecular flexibility index (Phi) is 4.23. The van der Waals surface area contributed by atoms with Gasteiger partial charge in [0.2, 0.25) is 0 Å². The molecular weight excluding hydrogens is 293 g/mol. The van der Waals surface area contributed by atoms with Gasteiger partial charge < -0.3 is 25.4 Å². The van der Waals surface area contributed by atoms with Gasteiger partial charge in [-0.3, -0.25) is 9.09 Å². The molecule has 1 aliphatic heterocycles. The summed E-state index contributed by atoms with van der Waals surface area (Å²) >= 11 is 0. The normalized spacial score (nSPS) is 26.9. The molecule has 0 aliphatic carbocycles. The van der Waals surface area contributed by atoms with E-state index in [1.807, 2.05) is 0 Å². The van der Waals surface area contributed by atoms with Crippen molar-refractivity contribution in [1.29, 1.82) is 0 Å². The zero-order valence-corrected chi connectivity index (χ0v) is 11.1. The summed E-state index contributed by atoms with van der Waals surface area (Å²) in [4.78, 5) is 32.8. The summed E-state index contributed by atoms with van der Waals surface area (Å²) in [5.74, 6) is 0.0472. The lowest BCUT2D eigenvalue weighted by molar-refractivity contribution is -0.0452. The number of ether oxygens (including phenoxy) is 1. The van der Waals surface area contributed by atoms with E-state index in [0.29, 0.717) is 0 Å². The highest BCUT2D eigenvalue weighted by atomic mass is 31.2. The first-order valence-electron chi connectivity index (χ1n) is 5.65. The highest BCUT2D eigenvalue weighted by Gasteiger charge is 2.40. The third-order valence-corrected chi connectivity index (χ3v) is 3.34. The van der Waals surface area contributed by atoms with E-state index in [0.717, 1.165) is 4.57 Å². The van der Waals surface area contributed by atoms with Crippen LogP contribution in [-0.4, -0.2) is 43.3 Å². The highest BCUT2D eigenvalue weighted by molar-refractivity contribution is 7.46. The van der Waals surface area contributed by atoms with Crippen molar-refractivity contribution in [3.05, 3.63) is 22.7 Å². The van der Waals surface area contributed by atoms with Crippen LogP contribution in [0.25, 0.3) is 0 Å². The third-order valence-electron chi connectivity index (χ3n) is 2.79. The van der Waals surface area contributed by atoms with Gasteiger partial charge in [0.05, 0.1) is 6.61 Å². The second-order valence-electron chi connectivity index (χ2n) is 4.22. The Morgan fingerprint density at radius 3 is 2.85 bits per heavy atom. The Labute approximate surface area is 113 Å². The maximum Gasteiger partial charge on any atom is 0.469 e. The summed E-state index contributed by atoms with van der Waals surface area (Å²) in [5, 5.41) is 9.13. The third kappa shape index (κ3) is 3.42. The maximum absolute atomic E-state index is 11.6. The van der Waals surface area contributed by atoms with Gasteiger partial charge in [-0.05, 0) is 6.07 Å². The number of aliphatic hydroxyl groups is 1. The number of phosphoric ester groups is 1. The zero-order valence-electron chi connectivity index (χ0n) is 10.2. The largest absolute Gasteiger partial charge is 0.469 e. The Morgan fingerprint density at radius 2 is 2.30 bits per heavy atom. The van der Waals surface area contributed by atoms with Crippen LogP contribution >= 0.6 is 7.82 Å². The number of nitrogen functional groups attached to an aromatic ring is 1. The van der Waals surface area contributed by atoms with E-state index in [4.69, 9.17) is 25.4 Å². The quantitative estimate of drug-likeness (QED) is 0.490. The monoisotopic (exact) mass is 307 g/mol. The van der Waals surface area contributed by atoms with E-state index in [-0.39, 0.29) is 12.2 Å². The van der Waals surface area contributed by atoms with Gasteiger partial charge in [0, 0.05) is 12.6 Å². The number of aliphatic hydroxyl groups excluding tert-OH is 1. The molecule has 0 aromatic carbocycles. The van der Waals surface area contributed by atoms with Crippen molar-refractivity contribution in [3.8, 4) is 0 Å². The van der Waals surface area contributed by atoms with Gasteiger partial charge in [-0.25, -0.2) is 9.36 Å². The molecule has 2 heterocycles. The minimum atomic E-state index is -4.72. The van der Waals surface area contributed by atoms with E-state index in [1.54, 1.807) is 0 Å². The maximum atomic E-state index is 11.6. The highest BCUT2D eigenvalue weighted by Crippen LogP contribution is 2.43. The summed E-state index contributed by atoms with van der Waals surface area (Å²) in [6, 6.07) is 1.38. The molecule has 1 saturated heterocycles. The average Bonchev–Trinajstić information content (AvgIpc) is 2.69. The summed E-state index contributed by atoms with van der Waals surface area (Å²) in [5.41, 5.74) is 4.69. The van der Waals surface area contributed by atoms with Crippen LogP contribution in [0, 0.1) is 0 Å². The van der Waals surface area contributed by atoms with Crippen molar-refractivity contribution < 1.29 is 28.7 Å². The fourth-order valence-corrected chi connectivity index (χ4v) is 2.54. The molecule has 2 rings (SSSR count).